The zero-order valence-corrected chi connectivity index (χ0v) is 67.0. The number of carboxylic acids is 2. The highest BCUT2D eigenvalue weighted by atomic mass is 32.2. The number of imidazole rings is 1. The highest BCUT2D eigenvalue weighted by molar-refractivity contribution is 7.98. The largest absolute Gasteiger partial charge is 0.508 e. The van der Waals surface area contributed by atoms with Crippen molar-refractivity contribution < 1.29 is 97.5 Å². The van der Waals surface area contributed by atoms with Crippen LogP contribution in [0.25, 0.3) is 10.9 Å². The van der Waals surface area contributed by atoms with Crippen LogP contribution in [0.1, 0.15) is 100 Å². The van der Waals surface area contributed by atoms with Gasteiger partial charge in [-0.25, -0.2) is 4.98 Å². The predicted molar refractivity (Wildman–Crippen MR) is 433 cm³/mol. The van der Waals surface area contributed by atoms with Gasteiger partial charge in [0.2, 0.25) is 76.8 Å². The van der Waals surface area contributed by atoms with Gasteiger partial charge in [-0.15, -0.1) is 0 Å². The maximum absolute atomic E-state index is 15.2. The maximum atomic E-state index is 15.2. The molecule has 27 N–H and O–H groups in total. The molecule has 1 aliphatic rings. The molecule has 0 spiro atoms. The molecule has 2 aromatic heterocycles. The van der Waals surface area contributed by atoms with E-state index in [9.17, 15) is 78.0 Å². The molecule has 0 radical (unpaired) electrons. The maximum Gasteiger partial charge on any atom is 0.322 e. The van der Waals surface area contributed by atoms with Crippen LogP contribution >= 0.6 is 11.8 Å². The zero-order valence-electron chi connectivity index (χ0n) is 66.2. The van der Waals surface area contributed by atoms with Gasteiger partial charge in [0, 0.05) is 74.2 Å². The minimum absolute atomic E-state index is 0.0135. The molecule has 3 aromatic carbocycles. The Hall–Kier alpha value is -12.3. The molecule has 648 valence electrons. The van der Waals surface area contributed by atoms with Crippen molar-refractivity contribution in [2.45, 2.75) is 176 Å². The normalized spacial score (nSPS) is 15.2. The van der Waals surface area contributed by atoms with Crippen LogP contribution in [0, 0.1) is 11.3 Å². The Balaban J connectivity index is 1.25. The van der Waals surface area contributed by atoms with Crippen LogP contribution in [0.15, 0.2) is 97.6 Å². The van der Waals surface area contributed by atoms with E-state index in [0.717, 1.165) is 0 Å². The number of carboxylic acid groups (broad SMARTS) is 2. The Bertz CT molecular complexity index is 4270. The van der Waals surface area contributed by atoms with E-state index >= 15 is 14.4 Å². The van der Waals surface area contributed by atoms with Crippen molar-refractivity contribution in [2.24, 2.45) is 23.1 Å². The molecule has 13 amide bonds. The van der Waals surface area contributed by atoms with Crippen LogP contribution in [-0.4, -0.2) is 271 Å². The minimum atomic E-state index is -1.80. The number of carbonyl (C=O) groups is 15. The molecule has 1 aliphatic heterocycles. The number of benzene rings is 3. The van der Waals surface area contributed by atoms with Crippen molar-refractivity contribution in [3.63, 3.8) is 0 Å². The highest BCUT2D eigenvalue weighted by Crippen LogP contribution is 2.23. The lowest BCUT2D eigenvalue weighted by atomic mass is 10.0. The Kier molecular flexibility index (Phi) is 39.4. The molecule has 5 aromatic rings. The third-order valence-electron chi connectivity index (χ3n) is 19.3. The van der Waals surface area contributed by atoms with E-state index in [1.807, 2.05) is 0 Å². The summed E-state index contributed by atoms with van der Waals surface area (Å²) in [6, 6.07) is 2.82. The highest BCUT2D eigenvalue weighted by Gasteiger charge is 2.41. The summed E-state index contributed by atoms with van der Waals surface area (Å²) in [6.07, 6.45) is 4.43. The van der Waals surface area contributed by atoms with Gasteiger partial charge in [-0.1, -0.05) is 74.5 Å². The lowest BCUT2D eigenvalue weighted by molar-refractivity contribution is -0.142. The number of aromatic amines is 2. The summed E-state index contributed by atoms with van der Waals surface area (Å²) in [5.41, 5.74) is 19.4. The number of carbonyl (C=O) groups excluding carboxylic acids is 13. The Morgan fingerprint density at radius 1 is 0.563 bits per heavy atom. The van der Waals surface area contributed by atoms with Gasteiger partial charge in [-0.2, -0.15) is 11.8 Å². The average Bonchev–Trinajstić information content (AvgIpc) is 1.77. The molecular weight excluding hydrogens is 1570 g/mol. The van der Waals surface area contributed by atoms with Crippen molar-refractivity contribution >= 4 is 117 Å². The molecule has 6 rings (SSSR count). The molecular formula is C77H109N21O20S. The summed E-state index contributed by atoms with van der Waals surface area (Å²) in [7, 11) is 0. The number of aromatic hydroxyl groups is 1. The van der Waals surface area contributed by atoms with Gasteiger partial charge in [0.1, 0.15) is 84.8 Å². The predicted octanol–water partition coefficient (Wildman–Crippen LogP) is -5.00. The van der Waals surface area contributed by atoms with Crippen molar-refractivity contribution in [1.29, 1.82) is 5.41 Å². The van der Waals surface area contributed by atoms with Crippen molar-refractivity contribution in [3.8, 4) is 5.75 Å². The number of aromatic nitrogens is 3. The molecule has 0 unspecified atom stereocenters. The molecule has 0 aliphatic carbocycles. The second-order valence-electron chi connectivity index (χ2n) is 28.7. The summed E-state index contributed by atoms with van der Waals surface area (Å²) >= 11 is 1.24. The van der Waals surface area contributed by atoms with Crippen LogP contribution in [0.2, 0.25) is 0 Å². The fourth-order valence-electron chi connectivity index (χ4n) is 12.8. The number of phenols is 1. The van der Waals surface area contributed by atoms with E-state index in [1.165, 1.54) is 53.5 Å². The van der Waals surface area contributed by atoms with Crippen LogP contribution < -0.4 is 86.3 Å². The molecule has 0 saturated carbocycles. The number of nitrogens with two attached hydrogens (primary N) is 3. The quantitative estimate of drug-likeness (QED) is 0.00985. The average molecular weight is 1680 g/mol. The zero-order chi connectivity index (χ0) is 87.3. The fourth-order valence-corrected chi connectivity index (χ4v) is 13.3. The van der Waals surface area contributed by atoms with Crippen LogP contribution in [-0.2, 0) is 97.6 Å². The van der Waals surface area contributed by atoms with Crippen molar-refractivity contribution in [1.82, 2.24) is 89.0 Å². The standard InChI is InChI=1S/C77H109N21O20S/c1-42(2)64(75(117)86-38-63(105)106)97-74(116)60-19-12-29-98(60)76(118)54(17-9-10-27-78)88-61(102)37-85-66(108)57(33-45-35-84-50-16-8-7-15-48(45)50)94-67(109)51(18-11-28-83-77(80)81)89-70(112)56(31-43-13-5-4-6-14-43)93-72(114)58(34-46-36-82-41-87-46)95-68(110)52(24-25-62(103)104)90-69(111)53(26-30-119-3)91-73(115)59(40-100)96-71(113)55(92-65(107)49(79)39-99)32-44-20-22-47(101)23-21-44/h4-8,13-16,20-23,35-36,41-42,49,51-60,64,84,99-101H,9-12,17-19,24-34,37-40,78-79H2,1-3H3,(H,82,87)(H,85,108)(H,86,117)(H,88,102)(H,89,112)(H,90,111)(H,91,115)(H,92,107)(H,93,114)(H,94,109)(H,95,110)(H,96,113)(H,97,116)(H,103,104)(H,105,106)(H4,80,81,83)/t49-,51-,52-,53-,54-,55-,56-,57-,58-,59-,60-,64-/m0/s1. The number of guanidine groups is 1. The van der Waals surface area contributed by atoms with Crippen LogP contribution in [0.3, 0.4) is 0 Å². The third-order valence-corrected chi connectivity index (χ3v) is 19.9. The van der Waals surface area contributed by atoms with Crippen molar-refractivity contribution in [3.05, 3.63) is 120 Å². The van der Waals surface area contributed by atoms with E-state index in [-0.39, 0.29) is 88.2 Å². The number of likely N-dealkylation sites (tertiary alicyclic amines) is 1. The molecule has 42 heteroatoms. The van der Waals surface area contributed by atoms with Gasteiger partial charge < -0.3 is 127 Å². The number of aliphatic carboxylic acids is 2. The monoisotopic (exact) mass is 1680 g/mol. The Labute approximate surface area is 689 Å². The molecule has 12 atom stereocenters. The van der Waals surface area contributed by atoms with E-state index in [4.69, 9.17) is 27.7 Å². The number of nitrogens with zero attached hydrogens (tertiary/aromatic N) is 2. The van der Waals surface area contributed by atoms with E-state index < -0.39 is 219 Å². The number of rotatable bonds is 51. The van der Waals surface area contributed by atoms with Crippen LogP contribution in [0.5, 0.6) is 5.75 Å². The van der Waals surface area contributed by atoms with E-state index in [0.29, 0.717) is 46.9 Å². The van der Waals surface area contributed by atoms with Gasteiger partial charge in [0.25, 0.3) is 0 Å². The number of hydrogen-bond donors (Lipinski definition) is 24. The number of aliphatic hydroxyl groups is 2. The second-order valence-corrected chi connectivity index (χ2v) is 29.7. The number of H-pyrrole nitrogens is 2. The molecule has 1 saturated heterocycles. The first-order valence-electron chi connectivity index (χ1n) is 38.7. The first-order chi connectivity index (χ1) is 56.8. The first-order valence-corrected chi connectivity index (χ1v) is 40.1. The Morgan fingerprint density at radius 2 is 1.10 bits per heavy atom. The van der Waals surface area contributed by atoms with E-state index in [1.54, 1.807) is 80.9 Å². The van der Waals surface area contributed by atoms with Gasteiger partial charge in [-0.05, 0) is 117 Å². The fraction of sp³-hybridized carbons (Fsp3) is 0.494. The number of phenolic OH excluding ortho intramolecular Hbond substituents is 1. The first kappa shape index (κ1) is 95.6. The summed E-state index contributed by atoms with van der Waals surface area (Å²) in [4.78, 5) is 220. The minimum Gasteiger partial charge on any atom is -0.508 e. The number of aliphatic hydroxyl groups excluding tert-OH is 2. The Morgan fingerprint density at radius 3 is 1.67 bits per heavy atom. The van der Waals surface area contributed by atoms with Gasteiger partial charge >= 0.3 is 11.9 Å². The summed E-state index contributed by atoms with van der Waals surface area (Å²) in [6.45, 7) is 0.279. The number of unbranched alkanes of at least 4 members (excludes halogenated alkanes) is 1. The lowest BCUT2D eigenvalue weighted by Gasteiger charge is -2.30. The third kappa shape index (κ3) is 31.6. The number of amides is 13. The van der Waals surface area contributed by atoms with Crippen molar-refractivity contribution in [2.75, 3.05) is 57.9 Å². The topological polar surface area (TPSA) is 663 Å². The van der Waals surface area contributed by atoms with E-state index in [2.05, 4.69) is 84.1 Å². The molecule has 1 fully saturated rings. The lowest BCUT2D eigenvalue weighted by Crippen LogP contribution is -2.61. The molecule has 41 nitrogen and oxygen atoms in total. The second kappa shape index (κ2) is 49.1. The summed E-state index contributed by atoms with van der Waals surface area (Å²) in [5.74, 6) is -15.7. The smallest absolute Gasteiger partial charge is 0.322 e. The number of thioether (sulfide) groups is 1. The molecule has 3 heterocycles. The van der Waals surface area contributed by atoms with Gasteiger partial charge in [0.15, 0.2) is 5.96 Å². The number of nitrogens with one attached hydrogen (secondary N) is 16. The molecule has 119 heavy (non-hydrogen) atoms. The summed E-state index contributed by atoms with van der Waals surface area (Å²) < 4.78 is 0. The number of fused-ring (bicyclic) bond motifs is 1. The number of para-hydroxylation sites is 1. The molecule has 0 bridgehead atoms. The SMILES string of the molecule is CSCC[C@H](NC(=O)[C@H](CO)NC(=O)[C@H](Cc1ccc(O)cc1)NC(=O)[C@@H](N)CO)C(=O)N[C@@H](CCC(=O)O)C(=O)N[C@@H](Cc1cnc[nH]1)C(=O)N[C@@H](Cc1ccccc1)C(=O)N[C@@H](CCCNC(=N)N)C(=O)N[C@@H](Cc1c[nH]c2ccccc12)C(=O)NCC(=O)N[C@@H](CCCCN)C(=O)N1CCC[C@H]1C(=O)N[C@H](C(=O)NCC(=O)O)C(C)C. The summed E-state index contributed by atoms with van der Waals surface area (Å²) in [5, 5.41) is 90.5. The number of hydrogen-bond acceptors (Lipinski definition) is 23. The van der Waals surface area contributed by atoms with Gasteiger partial charge in [0.05, 0.1) is 26.1 Å². The van der Waals surface area contributed by atoms with Gasteiger partial charge in [-0.3, -0.25) is 77.3 Å². The van der Waals surface area contributed by atoms with Crippen LogP contribution in [0.4, 0.5) is 0 Å².